The smallest absolute Gasteiger partial charge is 0.339 e. The van der Waals surface area contributed by atoms with Crippen molar-refractivity contribution >= 4 is 34.7 Å². The summed E-state index contributed by atoms with van der Waals surface area (Å²) < 4.78 is 12.3. The Labute approximate surface area is 193 Å². The van der Waals surface area contributed by atoms with Crippen LogP contribution < -0.4 is 11.0 Å². The third-order valence-corrected chi connectivity index (χ3v) is 6.02. The maximum absolute atomic E-state index is 12.6. The quantitative estimate of drug-likeness (QED) is 0.211. The molecule has 0 bridgehead atoms. The van der Waals surface area contributed by atoms with Crippen molar-refractivity contribution in [1.29, 1.82) is 0 Å². The minimum Gasteiger partial charge on any atom is -0.467 e. The van der Waals surface area contributed by atoms with Crippen LogP contribution >= 0.6 is 11.8 Å². The molecule has 0 aliphatic heterocycles. The Bertz CT molecular complexity index is 1290. The lowest BCUT2D eigenvalue weighted by atomic mass is 10.2. The zero-order valence-corrected chi connectivity index (χ0v) is 18.6. The number of benzene rings is 2. The number of aryl methyl sites for hydroxylation is 1. The van der Waals surface area contributed by atoms with Crippen molar-refractivity contribution in [3.05, 3.63) is 88.7 Å². The van der Waals surface area contributed by atoms with Gasteiger partial charge in [-0.1, -0.05) is 24.3 Å². The molecule has 0 saturated heterocycles. The van der Waals surface area contributed by atoms with Crippen LogP contribution in [0.3, 0.4) is 0 Å². The van der Waals surface area contributed by atoms with E-state index in [4.69, 9.17) is 9.15 Å². The molecule has 4 rings (SSSR count). The number of ether oxygens (including phenoxy) is 1. The second-order valence-corrected chi connectivity index (χ2v) is 8.25. The van der Waals surface area contributed by atoms with Crippen molar-refractivity contribution in [3.8, 4) is 0 Å². The number of thioether (sulfide) groups is 1. The number of hydrogen-bond donors (Lipinski definition) is 2. The monoisotopic (exact) mass is 465 g/mol. The van der Waals surface area contributed by atoms with E-state index in [0.29, 0.717) is 35.7 Å². The largest absolute Gasteiger partial charge is 0.467 e. The van der Waals surface area contributed by atoms with Crippen molar-refractivity contribution in [1.82, 2.24) is 14.9 Å². The fourth-order valence-corrected chi connectivity index (χ4v) is 4.22. The molecular weight excluding hydrogens is 442 g/mol. The third-order valence-electron chi connectivity index (χ3n) is 4.95. The Balaban J connectivity index is 1.27. The fourth-order valence-electron chi connectivity index (χ4n) is 3.35. The molecule has 0 unspecified atom stereocenters. The second kappa shape index (κ2) is 10.7. The molecule has 1 amide bonds. The molecule has 0 aliphatic rings. The molecule has 0 fully saturated rings. The first-order valence-corrected chi connectivity index (χ1v) is 11.5. The first-order chi connectivity index (χ1) is 16.1. The molecule has 0 saturated carbocycles. The predicted octanol–water partition coefficient (Wildman–Crippen LogP) is 3.58. The minimum absolute atomic E-state index is 0.161. The summed E-state index contributed by atoms with van der Waals surface area (Å²) in [6.45, 7) is 0.922. The van der Waals surface area contributed by atoms with Crippen molar-refractivity contribution in [2.45, 2.75) is 24.4 Å². The van der Waals surface area contributed by atoms with Crippen LogP contribution in [0.25, 0.3) is 11.0 Å². The molecule has 2 aromatic heterocycles. The molecule has 4 aromatic rings. The molecule has 8 nitrogen and oxygen atoms in total. The number of aromatic nitrogens is 2. The van der Waals surface area contributed by atoms with Gasteiger partial charge < -0.3 is 19.5 Å². The van der Waals surface area contributed by atoms with Gasteiger partial charge in [0.15, 0.2) is 0 Å². The van der Waals surface area contributed by atoms with Crippen molar-refractivity contribution in [2.75, 3.05) is 12.4 Å². The van der Waals surface area contributed by atoms with Gasteiger partial charge in [0, 0.05) is 11.4 Å². The number of H-pyrrole nitrogens is 1. The van der Waals surface area contributed by atoms with Crippen molar-refractivity contribution in [2.24, 2.45) is 0 Å². The summed E-state index contributed by atoms with van der Waals surface area (Å²) in [7, 11) is 0. The summed E-state index contributed by atoms with van der Waals surface area (Å²) in [4.78, 5) is 40.3. The van der Waals surface area contributed by atoms with Gasteiger partial charge >= 0.3 is 11.7 Å². The molecular formula is C24H23N3O5S. The van der Waals surface area contributed by atoms with Gasteiger partial charge in [-0.3, -0.25) is 9.36 Å². The third kappa shape index (κ3) is 5.75. The van der Waals surface area contributed by atoms with Crippen LogP contribution in [-0.2, 0) is 22.6 Å². The number of amides is 1. The van der Waals surface area contributed by atoms with E-state index in [1.807, 2.05) is 30.3 Å². The predicted molar refractivity (Wildman–Crippen MR) is 125 cm³/mol. The summed E-state index contributed by atoms with van der Waals surface area (Å²) in [6, 6.07) is 18.0. The van der Waals surface area contributed by atoms with Gasteiger partial charge in [0.25, 0.3) is 0 Å². The molecule has 170 valence electrons. The Morgan fingerprint density at radius 3 is 2.73 bits per heavy atom. The molecule has 0 aliphatic carbocycles. The van der Waals surface area contributed by atoms with E-state index in [1.54, 1.807) is 41.2 Å². The highest BCUT2D eigenvalue weighted by Crippen LogP contribution is 2.23. The van der Waals surface area contributed by atoms with Gasteiger partial charge in [0.1, 0.15) is 5.76 Å². The number of fused-ring (bicyclic) bond motifs is 1. The summed E-state index contributed by atoms with van der Waals surface area (Å²) in [5, 5.41) is 2.78. The summed E-state index contributed by atoms with van der Waals surface area (Å²) in [6.07, 6.45) is 2.05. The summed E-state index contributed by atoms with van der Waals surface area (Å²) in [5.74, 6) is 0.213. The summed E-state index contributed by atoms with van der Waals surface area (Å²) in [5.41, 5.74) is 1.82. The Kier molecular flexibility index (Phi) is 7.31. The molecule has 0 radical (unpaired) electrons. The standard InChI is InChI=1S/C24H23N3O5S/c28-22(25-15-17-7-5-13-31-17)16-33-21-11-4-1-8-18(21)23(29)32-14-6-12-27-20-10-3-2-9-19(20)26-24(27)30/h1-5,7-11,13H,6,12,14-16H2,(H,25,28)(H,26,30). The van der Waals surface area contributed by atoms with E-state index in [2.05, 4.69) is 10.3 Å². The van der Waals surface area contributed by atoms with E-state index in [-0.39, 0.29) is 24.0 Å². The SMILES string of the molecule is O=C(CSc1ccccc1C(=O)OCCCn1c(=O)[nH]c2ccccc21)NCc1ccco1. The van der Waals surface area contributed by atoms with E-state index in [1.165, 1.54) is 11.8 Å². The lowest BCUT2D eigenvalue weighted by Crippen LogP contribution is -2.24. The molecule has 2 heterocycles. The molecule has 2 aromatic carbocycles. The number of imidazole rings is 1. The number of esters is 1. The molecule has 33 heavy (non-hydrogen) atoms. The Hall–Kier alpha value is -3.72. The zero-order chi connectivity index (χ0) is 23.0. The normalized spacial score (nSPS) is 10.9. The van der Waals surface area contributed by atoms with Crippen LogP contribution in [0, 0.1) is 0 Å². The average molecular weight is 466 g/mol. The first-order valence-electron chi connectivity index (χ1n) is 10.5. The fraction of sp³-hybridized carbons (Fsp3) is 0.208. The maximum atomic E-state index is 12.6. The van der Waals surface area contributed by atoms with Gasteiger partial charge in [-0.05, 0) is 42.8 Å². The number of rotatable bonds is 10. The maximum Gasteiger partial charge on any atom is 0.339 e. The number of nitrogens with zero attached hydrogens (tertiary/aromatic N) is 1. The Morgan fingerprint density at radius 1 is 1.06 bits per heavy atom. The van der Waals surface area contributed by atoms with Crippen LogP contribution in [0.1, 0.15) is 22.5 Å². The highest BCUT2D eigenvalue weighted by atomic mass is 32.2. The highest BCUT2D eigenvalue weighted by Gasteiger charge is 2.14. The van der Waals surface area contributed by atoms with Gasteiger partial charge in [0.05, 0.1) is 41.8 Å². The van der Waals surface area contributed by atoms with E-state index < -0.39 is 5.97 Å². The Morgan fingerprint density at radius 2 is 1.88 bits per heavy atom. The number of nitrogens with one attached hydrogen (secondary N) is 2. The van der Waals surface area contributed by atoms with Crippen LogP contribution in [-0.4, -0.2) is 33.8 Å². The van der Waals surface area contributed by atoms with Gasteiger partial charge in [0.2, 0.25) is 5.91 Å². The highest BCUT2D eigenvalue weighted by molar-refractivity contribution is 8.00. The minimum atomic E-state index is -0.458. The van der Waals surface area contributed by atoms with Gasteiger partial charge in [-0.25, -0.2) is 9.59 Å². The van der Waals surface area contributed by atoms with Crippen molar-refractivity contribution < 1.29 is 18.7 Å². The van der Waals surface area contributed by atoms with Crippen LogP contribution in [0.15, 0.2) is 81.0 Å². The van der Waals surface area contributed by atoms with Crippen LogP contribution in [0.4, 0.5) is 0 Å². The van der Waals surface area contributed by atoms with Crippen LogP contribution in [0.5, 0.6) is 0 Å². The second-order valence-electron chi connectivity index (χ2n) is 7.23. The van der Waals surface area contributed by atoms with E-state index in [0.717, 1.165) is 11.0 Å². The lowest BCUT2D eigenvalue weighted by Gasteiger charge is -2.10. The van der Waals surface area contributed by atoms with E-state index in [9.17, 15) is 14.4 Å². The number of aromatic amines is 1. The lowest BCUT2D eigenvalue weighted by molar-refractivity contribution is -0.118. The molecule has 0 spiro atoms. The molecule has 2 N–H and O–H groups in total. The number of para-hydroxylation sites is 2. The van der Waals surface area contributed by atoms with Crippen LogP contribution in [0.2, 0.25) is 0 Å². The molecule has 0 atom stereocenters. The van der Waals surface area contributed by atoms with E-state index >= 15 is 0 Å². The number of carbonyl (C=O) groups excluding carboxylic acids is 2. The van der Waals surface area contributed by atoms with Gasteiger partial charge in [-0.15, -0.1) is 11.8 Å². The van der Waals surface area contributed by atoms with Crippen molar-refractivity contribution in [3.63, 3.8) is 0 Å². The van der Waals surface area contributed by atoms with Gasteiger partial charge in [-0.2, -0.15) is 0 Å². The topological polar surface area (TPSA) is 106 Å². The number of hydrogen-bond acceptors (Lipinski definition) is 6. The average Bonchev–Trinajstić information content (AvgIpc) is 3.46. The number of furan rings is 1. The summed E-state index contributed by atoms with van der Waals surface area (Å²) >= 11 is 1.27. The molecule has 9 heteroatoms. The number of carbonyl (C=O) groups is 2. The zero-order valence-electron chi connectivity index (χ0n) is 17.8. The first kappa shape index (κ1) is 22.5.